The van der Waals surface area contributed by atoms with E-state index in [0.29, 0.717) is 0 Å². The third-order valence-electron chi connectivity index (χ3n) is 2.64. The van der Waals surface area contributed by atoms with Crippen LogP contribution in [0.1, 0.15) is 5.76 Å². The smallest absolute Gasteiger partial charge is 0.164 e. The summed E-state index contributed by atoms with van der Waals surface area (Å²) in [6, 6.07) is 4.03. The Labute approximate surface area is 114 Å². The molecule has 1 aliphatic heterocycles. The molecule has 1 aliphatic rings. The van der Waals surface area contributed by atoms with Gasteiger partial charge >= 0.3 is 0 Å². The fourth-order valence-electron chi connectivity index (χ4n) is 1.72. The number of furan rings is 1. The first-order chi connectivity index (χ1) is 7.84. The molecule has 0 aliphatic carbocycles. The summed E-state index contributed by atoms with van der Waals surface area (Å²) >= 11 is 4.25. The van der Waals surface area contributed by atoms with Crippen LogP contribution < -0.4 is 5.32 Å². The predicted octanol–water partition coefficient (Wildman–Crippen LogP) is 2.02. The molecule has 16 heavy (non-hydrogen) atoms. The van der Waals surface area contributed by atoms with Crippen molar-refractivity contribution in [1.82, 2.24) is 10.2 Å². The molecule has 5 heteroatoms. The molecule has 0 atom stereocenters. The summed E-state index contributed by atoms with van der Waals surface area (Å²) in [6.45, 7) is 5.52. The Hall–Kier alpha value is 0.280. The van der Waals surface area contributed by atoms with E-state index in [1.807, 2.05) is 12.1 Å². The van der Waals surface area contributed by atoms with Gasteiger partial charge in [0.2, 0.25) is 0 Å². The minimum atomic E-state index is 0.839. The Morgan fingerprint density at radius 3 is 2.88 bits per heavy atom. The van der Waals surface area contributed by atoms with Crippen LogP contribution >= 0.6 is 34.4 Å². The highest BCUT2D eigenvalue weighted by atomic mass is 127. The van der Waals surface area contributed by atoms with E-state index < -0.39 is 0 Å². The molecular weight excluding hydrogens is 335 g/mol. The predicted molar refractivity (Wildman–Crippen MR) is 76.9 cm³/mol. The van der Waals surface area contributed by atoms with Crippen molar-refractivity contribution in [2.24, 2.45) is 0 Å². The average molecular weight is 352 g/mol. The van der Waals surface area contributed by atoms with E-state index in [2.05, 4.69) is 44.6 Å². The average Bonchev–Trinajstić information content (AvgIpc) is 2.72. The Morgan fingerprint density at radius 1 is 1.38 bits per heavy atom. The molecule has 1 N–H and O–H groups in total. The molecule has 1 aromatic rings. The molecule has 0 amide bonds. The molecule has 1 saturated heterocycles. The molecular formula is C11H17IN2OS. The fraction of sp³-hybridized carbons (Fsp3) is 0.636. The van der Waals surface area contributed by atoms with E-state index >= 15 is 0 Å². The Balaban J connectivity index is 1.57. The summed E-state index contributed by atoms with van der Waals surface area (Å²) in [4.78, 5) is 2.52. The Kier molecular flexibility index (Phi) is 5.47. The first kappa shape index (κ1) is 12.7. The van der Waals surface area contributed by atoms with Crippen LogP contribution in [0.3, 0.4) is 0 Å². The Bertz CT molecular complexity index is 313. The van der Waals surface area contributed by atoms with Crippen molar-refractivity contribution in [3.05, 3.63) is 21.7 Å². The summed E-state index contributed by atoms with van der Waals surface area (Å²) < 4.78 is 6.44. The van der Waals surface area contributed by atoms with Crippen molar-refractivity contribution < 1.29 is 4.42 Å². The van der Waals surface area contributed by atoms with Crippen LogP contribution in [0, 0.1) is 3.77 Å². The van der Waals surface area contributed by atoms with E-state index in [-0.39, 0.29) is 0 Å². The number of thioether (sulfide) groups is 1. The van der Waals surface area contributed by atoms with Crippen molar-refractivity contribution >= 4 is 34.4 Å². The number of hydrogen-bond acceptors (Lipinski definition) is 4. The van der Waals surface area contributed by atoms with Gasteiger partial charge in [-0.1, -0.05) is 0 Å². The molecule has 0 saturated carbocycles. The summed E-state index contributed by atoms with van der Waals surface area (Å²) in [6.07, 6.45) is 0. The van der Waals surface area contributed by atoms with Gasteiger partial charge in [-0.2, -0.15) is 11.8 Å². The lowest BCUT2D eigenvalue weighted by Gasteiger charge is -2.25. The topological polar surface area (TPSA) is 28.4 Å². The van der Waals surface area contributed by atoms with Gasteiger partial charge in [-0.15, -0.1) is 0 Å². The van der Waals surface area contributed by atoms with E-state index in [9.17, 15) is 0 Å². The van der Waals surface area contributed by atoms with Crippen molar-refractivity contribution in [3.8, 4) is 0 Å². The van der Waals surface area contributed by atoms with Gasteiger partial charge in [0.05, 0.1) is 6.54 Å². The van der Waals surface area contributed by atoms with Gasteiger partial charge in [-0.05, 0) is 34.7 Å². The molecule has 3 nitrogen and oxygen atoms in total. The lowest BCUT2D eigenvalue weighted by Crippen LogP contribution is -2.37. The van der Waals surface area contributed by atoms with Crippen LogP contribution in [0.15, 0.2) is 16.5 Å². The summed E-state index contributed by atoms with van der Waals surface area (Å²) in [5.74, 6) is 3.60. The molecule has 0 unspecified atom stereocenters. The van der Waals surface area contributed by atoms with Crippen molar-refractivity contribution in [2.45, 2.75) is 6.54 Å². The summed E-state index contributed by atoms with van der Waals surface area (Å²) in [5.41, 5.74) is 0. The molecule has 90 valence electrons. The van der Waals surface area contributed by atoms with E-state index in [4.69, 9.17) is 4.42 Å². The van der Waals surface area contributed by atoms with Gasteiger partial charge < -0.3 is 14.6 Å². The van der Waals surface area contributed by atoms with Gasteiger partial charge in [0.1, 0.15) is 5.76 Å². The second-order valence-corrected chi connectivity index (χ2v) is 6.12. The molecule has 2 rings (SSSR count). The van der Waals surface area contributed by atoms with Crippen LogP contribution in [0.4, 0.5) is 0 Å². The Morgan fingerprint density at radius 2 is 2.19 bits per heavy atom. The lowest BCUT2D eigenvalue weighted by molar-refractivity contribution is 0.299. The molecule has 1 aromatic heterocycles. The number of nitrogens with one attached hydrogen (secondary N) is 1. The highest BCUT2D eigenvalue weighted by molar-refractivity contribution is 14.1. The van der Waals surface area contributed by atoms with Crippen LogP contribution in [0.5, 0.6) is 0 Å². The molecule has 0 spiro atoms. The molecule has 2 heterocycles. The third-order valence-corrected chi connectivity index (χ3v) is 4.16. The minimum Gasteiger partial charge on any atom is -0.454 e. The zero-order valence-electron chi connectivity index (χ0n) is 9.25. The molecule has 0 radical (unpaired) electrons. The number of hydrogen-bond donors (Lipinski definition) is 1. The first-order valence-corrected chi connectivity index (χ1v) is 7.83. The van der Waals surface area contributed by atoms with Crippen molar-refractivity contribution in [2.75, 3.05) is 37.7 Å². The lowest BCUT2D eigenvalue weighted by atomic mass is 10.4. The van der Waals surface area contributed by atoms with E-state index in [0.717, 1.165) is 29.2 Å². The normalized spacial score (nSPS) is 17.8. The highest BCUT2D eigenvalue weighted by Gasteiger charge is 2.09. The van der Waals surface area contributed by atoms with Crippen LogP contribution in [0.2, 0.25) is 0 Å². The molecule has 0 aromatic carbocycles. The van der Waals surface area contributed by atoms with Gasteiger partial charge in [-0.25, -0.2) is 0 Å². The standard InChI is InChI=1S/C11H17IN2OS/c12-11-2-1-10(15-11)9-13-3-4-14-5-7-16-8-6-14/h1-2,13H,3-9H2. The SMILES string of the molecule is Ic1ccc(CNCCN2CCSCC2)o1. The number of nitrogens with zero attached hydrogens (tertiary/aromatic N) is 1. The third kappa shape index (κ3) is 4.27. The molecule has 0 bridgehead atoms. The maximum absolute atomic E-state index is 5.48. The van der Waals surface area contributed by atoms with Gasteiger partial charge in [0.15, 0.2) is 3.77 Å². The quantitative estimate of drug-likeness (QED) is 0.649. The van der Waals surface area contributed by atoms with Gasteiger partial charge in [0.25, 0.3) is 0 Å². The largest absolute Gasteiger partial charge is 0.454 e. The van der Waals surface area contributed by atoms with Crippen molar-refractivity contribution in [1.29, 1.82) is 0 Å². The highest BCUT2D eigenvalue weighted by Crippen LogP contribution is 2.10. The first-order valence-electron chi connectivity index (χ1n) is 5.59. The zero-order chi connectivity index (χ0) is 11.2. The second kappa shape index (κ2) is 6.88. The van der Waals surface area contributed by atoms with Crippen LogP contribution in [-0.4, -0.2) is 42.6 Å². The minimum absolute atomic E-state index is 0.839. The summed E-state index contributed by atoms with van der Waals surface area (Å²) in [5, 5.41) is 3.42. The zero-order valence-corrected chi connectivity index (χ0v) is 12.2. The van der Waals surface area contributed by atoms with Crippen molar-refractivity contribution in [3.63, 3.8) is 0 Å². The van der Waals surface area contributed by atoms with E-state index in [1.54, 1.807) is 0 Å². The maximum Gasteiger partial charge on any atom is 0.164 e. The monoisotopic (exact) mass is 352 g/mol. The fourth-order valence-corrected chi connectivity index (χ4v) is 3.16. The number of halogens is 1. The van der Waals surface area contributed by atoms with Gasteiger partial charge in [-0.3, -0.25) is 0 Å². The van der Waals surface area contributed by atoms with E-state index in [1.165, 1.54) is 24.6 Å². The van der Waals surface area contributed by atoms with Crippen LogP contribution in [-0.2, 0) is 6.54 Å². The summed E-state index contributed by atoms with van der Waals surface area (Å²) in [7, 11) is 0. The number of rotatable bonds is 5. The van der Waals surface area contributed by atoms with Crippen LogP contribution in [0.25, 0.3) is 0 Å². The maximum atomic E-state index is 5.48. The second-order valence-electron chi connectivity index (χ2n) is 3.84. The molecule has 1 fully saturated rings. The van der Waals surface area contributed by atoms with Gasteiger partial charge in [0, 0.05) is 37.7 Å².